The summed E-state index contributed by atoms with van der Waals surface area (Å²) in [6, 6.07) is 11.4. The molecule has 104 valence electrons. The van der Waals surface area contributed by atoms with Gasteiger partial charge in [-0.3, -0.25) is 0 Å². The lowest BCUT2D eigenvalue weighted by Gasteiger charge is -2.23. The van der Waals surface area contributed by atoms with E-state index in [-0.39, 0.29) is 5.56 Å². The van der Waals surface area contributed by atoms with Crippen LogP contribution in [0, 0.1) is 13.8 Å². The topological polar surface area (TPSA) is 40.5 Å². The van der Waals surface area contributed by atoms with Crippen molar-refractivity contribution >= 4 is 33.3 Å². The van der Waals surface area contributed by atoms with E-state index in [4.69, 9.17) is 0 Å². The summed E-state index contributed by atoms with van der Waals surface area (Å²) in [6.45, 7) is 4.07. The van der Waals surface area contributed by atoms with Gasteiger partial charge in [0.25, 0.3) is 0 Å². The van der Waals surface area contributed by atoms with Crippen molar-refractivity contribution in [2.24, 2.45) is 0 Å². The summed E-state index contributed by atoms with van der Waals surface area (Å²) in [5.74, 6) is -0.932. The molecule has 0 aliphatic carbocycles. The molecular formula is C16H16BrNO2. The Kier molecular flexibility index (Phi) is 4.14. The van der Waals surface area contributed by atoms with Crippen LogP contribution in [0.15, 0.2) is 40.9 Å². The monoisotopic (exact) mass is 333 g/mol. The molecule has 0 radical (unpaired) electrons. The fraction of sp³-hybridized carbons (Fsp3) is 0.188. The largest absolute Gasteiger partial charge is 0.478 e. The van der Waals surface area contributed by atoms with Gasteiger partial charge < -0.3 is 10.0 Å². The fourth-order valence-corrected chi connectivity index (χ4v) is 2.64. The van der Waals surface area contributed by atoms with Crippen LogP contribution < -0.4 is 4.90 Å². The van der Waals surface area contributed by atoms with E-state index in [0.29, 0.717) is 5.69 Å². The second-order valence-corrected chi connectivity index (χ2v) is 5.73. The first kappa shape index (κ1) is 14.6. The molecule has 20 heavy (non-hydrogen) atoms. The van der Waals surface area contributed by atoms with Crippen LogP contribution >= 0.6 is 15.9 Å². The van der Waals surface area contributed by atoms with Crippen LogP contribution in [-0.2, 0) is 0 Å². The summed E-state index contributed by atoms with van der Waals surface area (Å²) in [6.07, 6.45) is 0. The van der Waals surface area contributed by atoms with Crippen LogP contribution in [-0.4, -0.2) is 18.1 Å². The highest BCUT2D eigenvalue weighted by Gasteiger charge is 2.16. The Morgan fingerprint density at radius 1 is 1.10 bits per heavy atom. The lowest BCUT2D eigenvalue weighted by atomic mass is 10.1. The second-order valence-electron chi connectivity index (χ2n) is 4.82. The Labute approximate surface area is 127 Å². The first-order chi connectivity index (χ1) is 9.40. The summed E-state index contributed by atoms with van der Waals surface area (Å²) in [5, 5.41) is 9.35. The molecular weight excluding hydrogens is 318 g/mol. The first-order valence-electron chi connectivity index (χ1n) is 6.24. The third-order valence-electron chi connectivity index (χ3n) is 3.26. The number of nitrogens with zero attached hydrogens (tertiary/aromatic N) is 1. The molecule has 3 nitrogen and oxygen atoms in total. The predicted octanol–water partition coefficient (Wildman–Crippen LogP) is 4.53. The molecule has 0 heterocycles. The number of aromatic carboxylic acids is 1. The molecule has 4 heteroatoms. The molecule has 1 N–H and O–H groups in total. The third-order valence-corrected chi connectivity index (χ3v) is 3.76. The van der Waals surface area contributed by atoms with Crippen molar-refractivity contribution in [2.75, 3.05) is 11.9 Å². The molecule has 0 unspecified atom stereocenters. The SMILES string of the molecule is Cc1ccc(N(C)c2ccc(Br)cc2C(=O)O)c(C)c1. The van der Waals surface area contributed by atoms with E-state index in [1.54, 1.807) is 6.07 Å². The summed E-state index contributed by atoms with van der Waals surface area (Å²) in [4.78, 5) is 13.3. The fourth-order valence-electron chi connectivity index (χ4n) is 2.28. The summed E-state index contributed by atoms with van der Waals surface area (Å²) >= 11 is 3.31. The Bertz CT molecular complexity index is 668. The van der Waals surface area contributed by atoms with E-state index < -0.39 is 5.97 Å². The van der Waals surface area contributed by atoms with Crippen molar-refractivity contribution < 1.29 is 9.90 Å². The number of benzene rings is 2. The van der Waals surface area contributed by atoms with Gasteiger partial charge in [-0.05, 0) is 43.7 Å². The average Bonchev–Trinajstić information content (AvgIpc) is 2.37. The van der Waals surface area contributed by atoms with Gasteiger partial charge >= 0.3 is 5.97 Å². The van der Waals surface area contributed by atoms with Crippen molar-refractivity contribution in [3.8, 4) is 0 Å². The van der Waals surface area contributed by atoms with Gasteiger partial charge in [-0.2, -0.15) is 0 Å². The van der Waals surface area contributed by atoms with Gasteiger partial charge in [0.15, 0.2) is 0 Å². The third kappa shape index (κ3) is 2.85. The maximum Gasteiger partial charge on any atom is 0.337 e. The lowest BCUT2D eigenvalue weighted by Crippen LogP contribution is -2.15. The number of hydrogen-bond acceptors (Lipinski definition) is 2. The number of carbonyl (C=O) groups is 1. The number of carboxylic acid groups (broad SMARTS) is 1. The predicted molar refractivity (Wildman–Crippen MR) is 85.1 cm³/mol. The smallest absolute Gasteiger partial charge is 0.337 e. The maximum atomic E-state index is 11.4. The van der Waals surface area contributed by atoms with Gasteiger partial charge in [-0.15, -0.1) is 0 Å². The van der Waals surface area contributed by atoms with E-state index >= 15 is 0 Å². The molecule has 0 saturated heterocycles. The zero-order valence-electron chi connectivity index (χ0n) is 11.6. The number of anilines is 2. The highest BCUT2D eigenvalue weighted by Crippen LogP contribution is 2.31. The van der Waals surface area contributed by atoms with Gasteiger partial charge in [0.05, 0.1) is 11.3 Å². The Hall–Kier alpha value is -1.81. The van der Waals surface area contributed by atoms with Crippen molar-refractivity contribution in [1.29, 1.82) is 0 Å². The van der Waals surface area contributed by atoms with E-state index in [1.165, 1.54) is 5.56 Å². The lowest BCUT2D eigenvalue weighted by molar-refractivity contribution is 0.0697. The molecule has 0 bridgehead atoms. The van der Waals surface area contributed by atoms with E-state index in [2.05, 4.69) is 22.0 Å². The maximum absolute atomic E-state index is 11.4. The van der Waals surface area contributed by atoms with Crippen molar-refractivity contribution in [3.05, 3.63) is 57.6 Å². The molecule has 0 aliphatic rings. The summed E-state index contributed by atoms with van der Waals surface area (Å²) in [5.41, 5.74) is 4.26. The highest BCUT2D eigenvalue weighted by molar-refractivity contribution is 9.10. The Balaban J connectivity index is 2.53. The quantitative estimate of drug-likeness (QED) is 0.896. The minimum absolute atomic E-state index is 0.279. The van der Waals surface area contributed by atoms with Crippen molar-refractivity contribution in [1.82, 2.24) is 0 Å². The Morgan fingerprint density at radius 3 is 2.35 bits per heavy atom. The molecule has 2 aromatic carbocycles. The van der Waals surface area contributed by atoms with Crippen LogP contribution in [0.4, 0.5) is 11.4 Å². The molecule has 2 aromatic rings. The van der Waals surface area contributed by atoms with Gasteiger partial charge in [0, 0.05) is 17.2 Å². The molecule has 0 spiro atoms. The van der Waals surface area contributed by atoms with E-state index in [9.17, 15) is 9.90 Å². The summed E-state index contributed by atoms with van der Waals surface area (Å²) in [7, 11) is 1.88. The Morgan fingerprint density at radius 2 is 1.75 bits per heavy atom. The van der Waals surface area contributed by atoms with Gasteiger partial charge in [0.1, 0.15) is 0 Å². The minimum Gasteiger partial charge on any atom is -0.478 e. The van der Waals surface area contributed by atoms with Crippen molar-refractivity contribution in [2.45, 2.75) is 13.8 Å². The van der Waals surface area contributed by atoms with Gasteiger partial charge in [-0.1, -0.05) is 33.6 Å². The summed E-state index contributed by atoms with van der Waals surface area (Å²) < 4.78 is 0.757. The molecule has 0 atom stereocenters. The number of hydrogen-bond donors (Lipinski definition) is 1. The first-order valence-corrected chi connectivity index (χ1v) is 7.03. The molecule has 2 rings (SSSR count). The zero-order valence-corrected chi connectivity index (χ0v) is 13.2. The van der Waals surface area contributed by atoms with E-state index in [1.807, 2.05) is 50.1 Å². The van der Waals surface area contributed by atoms with Gasteiger partial charge in [-0.25, -0.2) is 4.79 Å². The van der Waals surface area contributed by atoms with Crippen LogP contribution in [0.1, 0.15) is 21.5 Å². The van der Waals surface area contributed by atoms with Crippen LogP contribution in [0.2, 0.25) is 0 Å². The molecule has 0 aromatic heterocycles. The van der Waals surface area contributed by atoms with E-state index in [0.717, 1.165) is 15.7 Å². The minimum atomic E-state index is -0.932. The average molecular weight is 334 g/mol. The highest BCUT2D eigenvalue weighted by atomic mass is 79.9. The number of carboxylic acids is 1. The molecule has 0 amide bonds. The number of rotatable bonds is 3. The standard InChI is InChI=1S/C16H16BrNO2/c1-10-4-6-14(11(2)8-10)18(3)15-7-5-12(17)9-13(15)16(19)20/h4-9H,1-3H3,(H,19,20). The van der Waals surface area contributed by atoms with Crippen LogP contribution in [0.5, 0.6) is 0 Å². The van der Waals surface area contributed by atoms with Crippen LogP contribution in [0.3, 0.4) is 0 Å². The van der Waals surface area contributed by atoms with Crippen LogP contribution in [0.25, 0.3) is 0 Å². The normalized spacial score (nSPS) is 10.4. The molecule has 0 fully saturated rings. The second kappa shape index (κ2) is 5.67. The number of halogens is 1. The zero-order chi connectivity index (χ0) is 14.9. The van der Waals surface area contributed by atoms with Gasteiger partial charge in [0.2, 0.25) is 0 Å². The van der Waals surface area contributed by atoms with Crippen molar-refractivity contribution in [3.63, 3.8) is 0 Å². The number of aryl methyl sites for hydroxylation is 2. The molecule has 0 saturated carbocycles. The molecule has 0 aliphatic heterocycles.